The van der Waals surface area contributed by atoms with E-state index in [1.807, 2.05) is 77.5 Å². The summed E-state index contributed by atoms with van der Waals surface area (Å²) in [6.45, 7) is 4.20. The van der Waals surface area contributed by atoms with E-state index in [1.165, 1.54) is 0 Å². The van der Waals surface area contributed by atoms with Crippen LogP contribution >= 0.6 is 0 Å². The first-order chi connectivity index (χ1) is 15.6. The van der Waals surface area contributed by atoms with Crippen LogP contribution in [0, 0.1) is 6.92 Å². The Morgan fingerprint density at radius 3 is 2.66 bits per heavy atom. The van der Waals surface area contributed by atoms with E-state index in [2.05, 4.69) is 9.55 Å². The zero-order valence-electron chi connectivity index (χ0n) is 18.1. The molecule has 2 amide bonds. The van der Waals surface area contributed by atoms with Crippen molar-refractivity contribution in [1.29, 1.82) is 0 Å². The smallest absolute Gasteiger partial charge is 0.254 e. The molecule has 32 heavy (non-hydrogen) atoms. The molecular formula is C25H26N4O3. The van der Waals surface area contributed by atoms with E-state index in [1.54, 1.807) is 6.20 Å². The lowest BCUT2D eigenvalue weighted by Gasteiger charge is -2.36. The SMILES string of the molecule is Cc1nccn1Cc1cccc(C(=O)N2C[C@@H]3[C@@H](C2)OCC(=O)N3Cc2ccccc2)c1. The number of hydrogen-bond donors (Lipinski definition) is 0. The van der Waals surface area contributed by atoms with E-state index in [4.69, 9.17) is 4.74 Å². The number of nitrogens with zero attached hydrogens (tertiary/aromatic N) is 4. The Hall–Kier alpha value is -3.45. The van der Waals surface area contributed by atoms with Crippen molar-refractivity contribution in [1.82, 2.24) is 19.4 Å². The molecule has 7 nitrogen and oxygen atoms in total. The summed E-state index contributed by atoms with van der Waals surface area (Å²) in [7, 11) is 0. The molecule has 0 spiro atoms. The van der Waals surface area contributed by atoms with Crippen LogP contribution in [0.5, 0.6) is 0 Å². The second-order valence-corrected chi connectivity index (χ2v) is 8.44. The minimum absolute atomic E-state index is 0.0258. The topological polar surface area (TPSA) is 67.7 Å². The third kappa shape index (κ3) is 4.03. The average Bonchev–Trinajstić information content (AvgIpc) is 3.42. The molecular weight excluding hydrogens is 404 g/mol. The maximum atomic E-state index is 13.3. The highest BCUT2D eigenvalue weighted by molar-refractivity contribution is 5.94. The Morgan fingerprint density at radius 2 is 1.88 bits per heavy atom. The van der Waals surface area contributed by atoms with Gasteiger partial charge in [0.1, 0.15) is 12.4 Å². The standard InChI is InChI=1S/C25H26N4O3/c1-18-26-10-11-27(18)13-20-8-5-9-21(12-20)25(31)28-15-22-23(16-28)32-17-24(30)29(22)14-19-6-3-2-4-7-19/h2-12,22-23H,13-17H2,1H3/t22-,23-/m1/s1. The molecule has 0 unspecified atom stereocenters. The summed E-state index contributed by atoms with van der Waals surface area (Å²) in [4.78, 5) is 33.9. The molecule has 0 aliphatic carbocycles. The summed E-state index contributed by atoms with van der Waals surface area (Å²) in [5.41, 5.74) is 2.78. The molecule has 5 rings (SSSR count). The van der Waals surface area contributed by atoms with Gasteiger partial charge in [-0.05, 0) is 30.2 Å². The molecule has 3 aromatic rings. The summed E-state index contributed by atoms with van der Waals surface area (Å²) in [6, 6.07) is 17.5. The van der Waals surface area contributed by atoms with Crippen molar-refractivity contribution in [3.63, 3.8) is 0 Å². The van der Waals surface area contributed by atoms with E-state index < -0.39 is 0 Å². The van der Waals surface area contributed by atoms with Crippen molar-refractivity contribution < 1.29 is 14.3 Å². The Morgan fingerprint density at radius 1 is 1.06 bits per heavy atom. The number of morpholine rings is 1. The Labute approximate surface area is 187 Å². The number of carbonyl (C=O) groups excluding carboxylic acids is 2. The van der Waals surface area contributed by atoms with Gasteiger partial charge in [-0.15, -0.1) is 0 Å². The van der Waals surface area contributed by atoms with Gasteiger partial charge >= 0.3 is 0 Å². The molecule has 2 aliphatic heterocycles. The summed E-state index contributed by atoms with van der Waals surface area (Å²) in [5.74, 6) is 0.882. The normalized spacial score (nSPS) is 20.5. The van der Waals surface area contributed by atoms with Crippen LogP contribution in [0.4, 0.5) is 0 Å². The number of aryl methyl sites for hydroxylation is 1. The highest BCUT2D eigenvalue weighted by Crippen LogP contribution is 2.26. The van der Waals surface area contributed by atoms with Crippen LogP contribution in [0.15, 0.2) is 67.0 Å². The first kappa shape index (κ1) is 20.5. The van der Waals surface area contributed by atoms with E-state index in [0.29, 0.717) is 31.7 Å². The number of likely N-dealkylation sites (tertiary alicyclic amines) is 1. The van der Waals surface area contributed by atoms with E-state index in [0.717, 1.165) is 17.0 Å². The fourth-order valence-corrected chi connectivity index (χ4v) is 4.57. The number of hydrogen-bond acceptors (Lipinski definition) is 4. The second kappa shape index (κ2) is 8.59. The van der Waals surface area contributed by atoms with Crippen LogP contribution in [0.2, 0.25) is 0 Å². The molecule has 0 bridgehead atoms. The van der Waals surface area contributed by atoms with Crippen molar-refractivity contribution in [3.8, 4) is 0 Å². The lowest BCUT2D eigenvalue weighted by Crippen LogP contribution is -2.53. The van der Waals surface area contributed by atoms with Crippen molar-refractivity contribution in [3.05, 3.63) is 89.5 Å². The largest absolute Gasteiger partial charge is 0.364 e. The number of amides is 2. The van der Waals surface area contributed by atoms with Gasteiger partial charge in [-0.3, -0.25) is 9.59 Å². The number of carbonyl (C=O) groups is 2. The first-order valence-corrected chi connectivity index (χ1v) is 10.9. The molecule has 0 saturated carbocycles. The second-order valence-electron chi connectivity index (χ2n) is 8.44. The number of fused-ring (bicyclic) bond motifs is 1. The van der Waals surface area contributed by atoms with E-state index in [-0.39, 0.29) is 30.6 Å². The molecule has 2 aliphatic rings. The van der Waals surface area contributed by atoms with Gasteiger partial charge in [-0.25, -0.2) is 4.98 Å². The molecule has 1 aromatic heterocycles. The highest BCUT2D eigenvalue weighted by atomic mass is 16.5. The molecule has 2 fully saturated rings. The third-order valence-electron chi connectivity index (χ3n) is 6.31. The maximum Gasteiger partial charge on any atom is 0.254 e. The van der Waals surface area contributed by atoms with Crippen LogP contribution in [0.3, 0.4) is 0 Å². The van der Waals surface area contributed by atoms with Gasteiger partial charge in [0.15, 0.2) is 0 Å². The first-order valence-electron chi connectivity index (χ1n) is 10.9. The summed E-state index contributed by atoms with van der Waals surface area (Å²) in [5, 5.41) is 0. The molecule has 2 aromatic carbocycles. The van der Waals surface area contributed by atoms with E-state index >= 15 is 0 Å². The zero-order chi connectivity index (χ0) is 22.1. The Bertz CT molecular complexity index is 1130. The van der Waals surface area contributed by atoms with Gasteiger partial charge in [-0.1, -0.05) is 42.5 Å². The number of imidazole rings is 1. The monoisotopic (exact) mass is 430 g/mol. The van der Waals surface area contributed by atoms with Gasteiger partial charge in [-0.2, -0.15) is 0 Å². The summed E-state index contributed by atoms with van der Waals surface area (Å²) < 4.78 is 7.86. The van der Waals surface area contributed by atoms with Crippen LogP contribution in [-0.4, -0.2) is 63.0 Å². The van der Waals surface area contributed by atoms with E-state index in [9.17, 15) is 9.59 Å². The minimum atomic E-state index is -0.155. The van der Waals surface area contributed by atoms with Gasteiger partial charge in [0.2, 0.25) is 5.91 Å². The lowest BCUT2D eigenvalue weighted by molar-refractivity contribution is -0.153. The van der Waals surface area contributed by atoms with Crippen LogP contribution < -0.4 is 0 Å². The quantitative estimate of drug-likeness (QED) is 0.624. The molecule has 7 heteroatoms. The number of rotatable bonds is 5. The molecule has 2 saturated heterocycles. The van der Waals surface area contributed by atoms with Crippen LogP contribution in [-0.2, 0) is 22.6 Å². The molecule has 0 N–H and O–H groups in total. The predicted molar refractivity (Wildman–Crippen MR) is 119 cm³/mol. The fraction of sp³-hybridized carbons (Fsp3) is 0.320. The van der Waals surface area contributed by atoms with Crippen LogP contribution in [0.1, 0.15) is 27.3 Å². The maximum absolute atomic E-state index is 13.3. The van der Waals surface area contributed by atoms with Crippen molar-refractivity contribution >= 4 is 11.8 Å². The number of ether oxygens (including phenoxy) is 1. The van der Waals surface area contributed by atoms with Crippen LogP contribution in [0.25, 0.3) is 0 Å². The summed E-state index contributed by atoms with van der Waals surface area (Å²) in [6.07, 6.45) is 3.56. The van der Waals surface area contributed by atoms with Crippen molar-refractivity contribution in [2.45, 2.75) is 32.2 Å². The molecule has 2 atom stereocenters. The van der Waals surface area contributed by atoms with Gasteiger partial charge in [0.25, 0.3) is 5.91 Å². The lowest BCUT2D eigenvalue weighted by atomic mass is 10.1. The minimum Gasteiger partial charge on any atom is -0.364 e. The average molecular weight is 431 g/mol. The predicted octanol–water partition coefficient (Wildman–Crippen LogP) is 2.49. The molecule has 3 heterocycles. The Kier molecular flexibility index (Phi) is 5.49. The van der Waals surface area contributed by atoms with Gasteiger partial charge < -0.3 is 19.1 Å². The zero-order valence-corrected chi connectivity index (χ0v) is 18.1. The highest BCUT2D eigenvalue weighted by Gasteiger charge is 2.44. The fourth-order valence-electron chi connectivity index (χ4n) is 4.57. The van der Waals surface area contributed by atoms with Gasteiger partial charge in [0.05, 0.1) is 12.1 Å². The number of benzene rings is 2. The third-order valence-corrected chi connectivity index (χ3v) is 6.31. The Balaban J connectivity index is 1.31. The van der Waals surface area contributed by atoms with Crippen molar-refractivity contribution in [2.24, 2.45) is 0 Å². The molecule has 0 radical (unpaired) electrons. The number of aromatic nitrogens is 2. The summed E-state index contributed by atoms with van der Waals surface area (Å²) >= 11 is 0. The molecule has 164 valence electrons. The van der Waals surface area contributed by atoms with Gasteiger partial charge in [0, 0.05) is 44.1 Å². The van der Waals surface area contributed by atoms with Crippen molar-refractivity contribution in [2.75, 3.05) is 19.7 Å².